The van der Waals surface area contributed by atoms with E-state index in [4.69, 9.17) is 0 Å². The fraction of sp³-hybridized carbons (Fsp3) is 0.333. The summed E-state index contributed by atoms with van der Waals surface area (Å²) < 4.78 is 57.6. The maximum absolute atomic E-state index is 14.9. The van der Waals surface area contributed by atoms with Crippen LogP contribution in [0.25, 0.3) is 23.3 Å². The van der Waals surface area contributed by atoms with E-state index in [9.17, 15) is 27.8 Å². The van der Waals surface area contributed by atoms with Crippen molar-refractivity contribution in [3.63, 3.8) is 0 Å². The number of hydrogen-bond acceptors (Lipinski definition) is 2. The van der Waals surface area contributed by atoms with Crippen LogP contribution < -0.4 is 0 Å². The molecule has 0 bridgehead atoms. The molecule has 1 fully saturated rings. The molecule has 36 heavy (non-hydrogen) atoms. The lowest BCUT2D eigenvalue weighted by Gasteiger charge is -2.32. The third-order valence-electron chi connectivity index (χ3n) is 7.22. The lowest BCUT2D eigenvalue weighted by Crippen LogP contribution is -2.25. The summed E-state index contributed by atoms with van der Waals surface area (Å²) in [4.78, 5) is 0. The molecule has 2 N–H and O–H groups in total. The van der Waals surface area contributed by atoms with Crippen molar-refractivity contribution in [2.75, 3.05) is 0 Å². The molecule has 1 saturated carbocycles. The average molecular weight is 499 g/mol. The van der Waals surface area contributed by atoms with E-state index in [1.165, 1.54) is 12.1 Å². The first kappa shape index (κ1) is 26.0. The Morgan fingerprint density at radius 3 is 2.17 bits per heavy atom. The van der Waals surface area contributed by atoms with Crippen molar-refractivity contribution in [3.8, 4) is 16.9 Å². The van der Waals surface area contributed by atoms with Gasteiger partial charge >= 0.3 is 0 Å². The minimum absolute atomic E-state index is 0.0124. The van der Waals surface area contributed by atoms with E-state index in [0.29, 0.717) is 16.7 Å². The van der Waals surface area contributed by atoms with Crippen molar-refractivity contribution in [2.45, 2.75) is 57.5 Å². The summed E-state index contributed by atoms with van der Waals surface area (Å²) in [5.74, 6) is -4.74. The molecule has 0 spiro atoms. The van der Waals surface area contributed by atoms with Gasteiger partial charge in [0.15, 0.2) is 23.2 Å². The SMILES string of the molecule is CCCC(O)C1CCC(c2ccc(/C=C/c3ccc(-c4ccc(O)c(F)c4F)cc3)c(F)c2F)CC1. The van der Waals surface area contributed by atoms with Gasteiger partial charge in [0.1, 0.15) is 0 Å². The fourth-order valence-corrected chi connectivity index (χ4v) is 5.09. The molecule has 4 rings (SSSR count). The minimum atomic E-state index is -1.31. The van der Waals surface area contributed by atoms with Crippen molar-refractivity contribution in [1.29, 1.82) is 0 Å². The van der Waals surface area contributed by atoms with Crippen molar-refractivity contribution < 1.29 is 27.8 Å². The molecule has 1 atom stereocenters. The second-order valence-corrected chi connectivity index (χ2v) is 9.56. The third kappa shape index (κ3) is 5.49. The highest BCUT2D eigenvalue weighted by atomic mass is 19.2. The van der Waals surface area contributed by atoms with Gasteiger partial charge in [-0.25, -0.2) is 13.2 Å². The first-order valence-corrected chi connectivity index (χ1v) is 12.4. The van der Waals surface area contributed by atoms with Crippen LogP contribution in [0.5, 0.6) is 5.75 Å². The maximum atomic E-state index is 14.9. The van der Waals surface area contributed by atoms with E-state index >= 15 is 0 Å². The number of hydrogen-bond donors (Lipinski definition) is 2. The van der Waals surface area contributed by atoms with E-state index < -0.39 is 29.0 Å². The van der Waals surface area contributed by atoms with Crippen LogP contribution in [0.15, 0.2) is 48.5 Å². The molecule has 0 amide bonds. The summed E-state index contributed by atoms with van der Waals surface area (Å²) in [7, 11) is 0. The lowest BCUT2D eigenvalue weighted by molar-refractivity contribution is 0.0727. The van der Waals surface area contributed by atoms with Crippen LogP contribution in [0.3, 0.4) is 0 Å². The Morgan fingerprint density at radius 2 is 1.50 bits per heavy atom. The molecule has 0 aliphatic heterocycles. The van der Waals surface area contributed by atoms with Crippen LogP contribution in [-0.4, -0.2) is 16.3 Å². The number of rotatable bonds is 7. The minimum Gasteiger partial charge on any atom is -0.505 e. The normalized spacial score (nSPS) is 19.1. The van der Waals surface area contributed by atoms with Crippen molar-refractivity contribution in [1.82, 2.24) is 0 Å². The van der Waals surface area contributed by atoms with Gasteiger partial charge in [0, 0.05) is 11.1 Å². The monoisotopic (exact) mass is 498 g/mol. The Balaban J connectivity index is 1.45. The fourth-order valence-electron chi connectivity index (χ4n) is 5.09. The summed E-state index contributed by atoms with van der Waals surface area (Å²) in [6, 6.07) is 12.1. The molecule has 1 aliphatic carbocycles. The van der Waals surface area contributed by atoms with Crippen LogP contribution >= 0.6 is 0 Å². The number of halogens is 4. The quantitative estimate of drug-likeness (QED) is 0.254. The summed E-state index contributed by atoms with van der Waals surface area (Å²) in [6.45, 7) is 2.04. The molecular formula is C30H30F4O2. The van der Waals surface area contributed by atoms with Crippen LogP contribution in [0.1, 0.15) is 68.1 Å². The smallest absolute Gasteiger partial charge is 0.200 e. The summed E-state index contributed by atoms with van der Waals surface area (Å²) in [5.41, 5.74) is 1.62. The van der Waals surface area contributed by atoms with Gasteiger partial charge in [-0.05, 0) is 72.8 Å². The predicted molar refractivity (Wildman–Crippen MR) is 134 cm³/mol. The number of aliphatic hydroxyl groups is 1. The van der Waals surface area contributed by atoms with Gasteiger partial charge in [-0.1, -0.05) is 61.9 Å². The second kappa shape index (κ2) is 11.3. The van der Waals surface area contributed by atoms with E-state index in [2.05, 4.69) is 0 Å². The number of aliphatic hydroxyl groups excluding tert-OH is 1. The molecule has 3 aromatic carbocycles. The molecular weight excluding hydrogens is 468 g/mol. The highest BCUT2D eigenvalue weighted by Gasteiger charge is 2.29. The number of benzene rings is 3. The van der Waals surface area contributed by atoms with Gasteiger partial charge in [-0.2, -0.15) is 4.39 Å². The molecule has 1 aliphatic rings. The lowest BCUT2D eigenvalue weighted by atomic mass is 9.76. The highest BCUT2D eigenvalue weighted by Crippen LogP contribution is 2.39. The Bertz CT molecular complexity index is 1230. The summed E-state index contributed by atoms with van der Waals surface area (Å²) >= 11 is 0. The zero-order valence-corrected chi connectivity index (χ0v) is 20.2. The number of phenols is 1. The number of aromatic hydroxyl groups is 1. The van der Waals surface area contributed by atoms with Crippen LogP contribution in [0.4, 0.5) is 17.6 Å². The Hall–Kier alpha value is -3.12. The second-order valence-electron chi connectivity index (χ2n) is 9.56. The first-order valence-electron chi connectivity index (χ1n) is 12.4. The van der Waals surface area contributed by atoms with E-state index in [-0.39, 0.29) is 29.1 Å². The molecule has 2 nitrogen and oxygen atoms in total. The Kier molecular flexibility index (Phi) is 8.14. The van der Waals surface area contributed by atoms with Crippen molar-refractivity contribution in [3.05, 3.63) is 88.5 Å². The molecule has 3 aromatic rings. The van der Waals surface area contributed by atoms with Crippen LogP contribution in [-0.2, 0) is 0 Å². The number of phenolic OH excluding ortho intramolecular Hbond substituents is 1. The summed E-state index contributed by atoms with van der Waals surface area (Å²) in [6.07, 6.45) is 7.57. The highest BCUT2D eigenvalue weighted by molar-refractivity contribution is 5.73. The van der Waals surface area contributed by atoms with Crippen LogP contribution in [0.2, 0.25) is 0 Å². The molecule has 0 heterocycles. The van der Waals surface area contributed by atoms with Gasteiger partial charge in [0.05, 0.1) is 6.10 Å². The largest absolute Gasteiger partial charge is 0.505 e. The first-order chi connectivity index (χ1) is 17.3. The van der Waals surface area contributed by atoms with Gasteiger partial charge in [0.2, 0.25) is 5.82 Å². The topological polar surface area (TPSA) is 40.5 Å². The van der Waals surface area contributed by atoms with Crippen LogP contribution in [0, 0.1) is 29.2 Å². The average Bonchev–Trinajstić information content (AvgIpc) is 2.89. The molecule has 0 saturated heterocycles. The predicted octanol–water partition coefficient (Wildman–Crippen LogP) is 8.22. The zero-order chi connectivity index (χ0) is 25.8. The van der Waals surface area contributed by atoms with Gasteiger partial charge in [-0.15, -0.1) is 0 Å². The van der Waals surface area contributed by atoms with Gasteiger partial charge in [0.25, 0.3) is 0 Å². The molecule has 6 heteroatoms. The Labute approximate surface area is 208 Å². The van der Waals surface area contributed by atoms with E-state index in [1.807, 2.05) is 6.92 Å². The molecule has 0 radical (unpaired) electrons. The maximum Gasteiger partial charge on any atom is 0.200 e. The van der Waals surface area contributed by atoms with Gasteiger partial charge in [-0.3, -0.25) is 0 Å². The molecule has 190 valence electrons. The van der Waals surface area contributed by atoms with Crippen molar-refractivity contribution in [2.24, 2.45) is 5.92 Å². The zero-order valence-electron chi connectivity index (χ0n) is 20.2. The van der Waals surface area contributed by atoms with Gasteiger partial charge < -0.3 is 10.2 Å². The Morgan fingerprint density at radius 1 is 0.806 bits per heavy atom. The van der Waals surface area contributed by atoms with Crippen molar-refractivity contribution >= 4 is 12.2 Å². The standard InChI is InChI=1S/C30H30F4O2/c1-2-3-25(35)21-12-10-20(11-13-21)23-15-14-22(27(31)28(23)32)9-6-18-4-7-19(8-5-18)24-16-17-26(36)30(34)29(24)33/h4-9,14-17,20-21,25,35-36H,2-3,10-13H2,1H3/b9-6+. The summed E-state index contributed by atoms with van der Waals surface area (Å²) in [5, 5.41) is 19.5. The molecule has 0 aromatic heterocycles. The van der Waals surface area contributed by atoms with E-state index in [0.717, 1.165) is 44.6 Å². The molecule has 1 unspecified atom stereocenters. The van der Waals surface area contributed by atoms with E-state index in [1.54, 1.807) is 42.5 Å². The third-order valence-corrected chi connectivity index (χ3v) is 7.22.